The SMILES string of the molecule is CCCCSC1CCCC(NC)(C(=O)OC)C1. The number of ether oxygens (including phenoxy) is 1. The summed E-state index contributed by atoms with van der Waals surface area (Å²) in [5.41, 5.74) is -0.434. The van der Waals surface area contributed by atoms with Crippen molar-refractivity contribution in [2.24, 2.45) is 0 Å². The maximum absolute atomic E-state index is 11.9. The first kappa shape index (κ1) is 14.8. The van der Waals surface area contributed by atoms with Gasteiger partial charge in [-0.3, -0.25) is 4.79 Å². The highest BCUT2D eigenvalue weighted by molar-refractivity contribution is 7.99. The van der Waals surface area contributed by atoms with Crippen LogP contribution in [0.15, 0.2) is 0 Å². The number of carbonyl (C=O) groups is 1. The Morgan fingerprint density at radius 2 is 2.35 bits per heavy atom. The molecule has 0 bridgehead atoms. The Balaban J connectivity index is 2.53. The van der Waals surface area contributed by atoms with Crippen LogP contribution in [0.1, 0.15) is 45.4 Å². The fourth-order valence-electron chi connectivity index (χ4n) is 2.47. The molecule has 1 rings (SSSR count). The van der Waals surface area contributed by atoms with Gasteiger partial charge in [0.25, 0.3) is 0 Å². The first-order valence-corrected chi connectivity index (χ1v) is 7.62. The predicted octanol–water partition coefficient (Wildman–Crippen LogP) is 2.59. The van der Waals surface area contributed by atoms with E-state index >= 15 is 0 Å². The van der Waals surface area contributed by atoms with E-state index in [4.69, 9.17) is 4.74 Å². The first-order valence-electron chi connectivity index (χ1n) is 6.57. The van der Waals surface area contributed by atoms with Gasteiger partial charge in [-0.15, -0.1) is 0 Å². The number of likely N-dealkylation sites (N-methyl/N-ethyl adjacent to an activating group) is 1. The van der Waals surface area contributed by atoms with Crippen LogP contribution in [0.2, 0.25) is 0 Å². The van der Waals surface area contributed by atoms with Crippen LogP contribution in [-0.2, 0) is 9.53 Å². The fraction of sp³-hybridized carbons (Fsp3) is 0.923. The van der Waals surface area contributed by atoms with Crippen LogP contribution in [0.5, 0.6) is 0 Å². The molecule has 1 saturated carbocycles. The van der Waals surface area contributed by atoms with Crippen LogP contribution in [-0.4, -0.2) is 36.7 Å². The summed E-state index contributed by atoms with van der Waals surface area (Å²) < 4.78 is 4.95. The van der Waals surface area contributed by atoms with Crippen molar-refractivity contribution in [2.45, 2.75) is 56.2 Å². The van der Waals surface area contributed by atoms with Crippen molar-refractivity contribution < 1.29 is 9.53 Å². The van der Waals surface area contributed by atoms with Gasteiger partial charge in [0.05, 0.1) is 7.11 Å². The summed E-state index contributed by atoms with van der Waals surface area (Å²) in [6, 6.07) is 0. The topological polar surface area (TPSA) is 38.3 Å². The lowest BCUT2D eigenvalue weighted by Gasteiger charge is -2.38. The first-order chi connectivity index (χ1) is 8.18. The molecule has 2 atom stereocenters. The van der Waals surface area contributed by atoms with E-state index in [1.54, 1.807) is 0 Å². The van der Waals surface area contributed by atoms with Gasteiger partial charge in [0, 0.05) is 5.25 Å². The van der Waals surface area contributed by atoms with E-state index < -0.39 is 5.54 Å². The van der Waals surface area contributed by atoms with E-state index in [0.717, 1.165) is 19.3 Å². The number of methoxy groups -OCH3 is 1. The molecular weight excluding hydrogens is 234 g/mol. The van der Waals surface area contributed by atoms with Gasteiger partial charge < -0.3 is 10.1 Å². The minimum absolute atomic E-state index is 0.0965. The van der Waals surface area contributed by atoms with Crippen molar-refractivity contribution in [3.8, 4) is 0 Å². The van der Waals surface area contributed by atoms with Crippen molar-refractivity contribution in [1.82, 2.24) is 5.32 Å². The number of unbranched alkanes of at least 4 members (excludes halogenated alkanes) is 1. The van der Waals surface area contributed by atoms with E-state index in [1.807, 2.05) is 18.8 Å². The van der Waals surface area contributed by atoms with Crippen molar-refractivity contribution >= 4 is 17.7 Å². The summed E-state index contributed by atoms with van der Waals surface area (Å²) in [6.07, 6.45) is 6.67. The molecule has 3 nitrogen and oxygen atoms in total. The van der Waals surface area contributed by atoms with Gasteiger partial charge in [0.1, 0.15) is 5.54 Å². The maximum atomic E-state index is 11.9. The lowest BCUT2D eigenvalue weighted by molar-refractivity contribution is -0.149. The van der Waals surface area contributed by atoms with E-state index in [9.17, 15) is 4.79 Å². The van der Waals surface area contributed by atoms with Crippen molar-refractivity contribution in [2.75, 3.05) is 19.9 Å². The molecule has 0 aliphatic heterocycles. The molecule has 1 fully saturated rings. The van der Waals surface area contributed by atoms with E-state index in [-0.39, 0.29) is 5.97 Å². The molecule has 100 valence electrons. The molecule has 0 aromatic rings. The minimum atomic E-state index is -0.434. The number of esters is 1. The summed E-state index contributed by atoms with van der Waals surface area (Å²) in [5.74, 6) is 1.11. The average molecular weight is 259 g/mol. The Morgan fingerprint density at radius 1 is 1.59 bits per heavy atom. The van der Waals surface area contributed by atoms with E-state index in [0.29, 0.717) is 5.25 Å². The number of rotatable bonds is 6. The second kappa shape index (κ2) is 7.27. The fourth-order valence-corrected chi connectivity index (χ4v) is 4.00. The molecule has 0 spiro atoms. The van der Waals surface area contributed by atoms with Crippen molar-refractivity contribution in [3.63, 3.8) is 0 Å². The van der Waals surface area contributed by atoms with Gasteiger partial charge in [0.15, 0.2) is 0 Å². The second-order valence-electron chi connectivity index (χ2n) is 4.77. The predicted molar refractivity (Wildman–Crippen MR) is 73.4 cm³/mol. The Morgan fingerprint density at radius 3 is 2.94 bits per heavy atom. The van der Waals surface area contributed by atoms with Crippen LogP contribution in [0.25, 0.3) is 0 Å². The Kier molecular flexibility index (Phi) is 6.34. The molecule has 0 heterocycles. The molecule has 0 aromatic heterocycles. The minimum Gasteiger partial charge on any atom is -0.468 e. The smallest absolute Gasteiger partial charge is 0.326 e. The maximum Gasteiger partial charge on any atom is 0.326 e. The highest BCUT2D eigenvalue weighted by Crippen LogP contribution is 2.35. The van der Waals surface area contributed by atoms with Gasteiger partial charge in [-0.25, -0.2) is 0 Å². The zero-order valence-corrected chi connectivity index (χ0v) is 12.1. The van der Waals surface area contributed by atoms with Crippen LogP contribution in [0.4, 0.5) is 0 Å². The van der Waals surface area contributed by atoms with Gasteiger partial charge in [0.2, 0.25) is 0 Å². The Hall–Kier alpha value is -0.220. The summed E-state index contributed by atoms with van der Waals surface area (Å²) in [5, 5.41) is 3.80. The van der Waals surface area contributed by atoms with Gasteiger partial charge >= 0.3 is 5.97 Å². The van der Waals surface area contributed by atoms with Crippen molar-refractivity contribution in [1.29, 1.82) is 0 Å². The van der Waals surface area contributed by atoms with Crippen LogP contribution in [0.3, 0.4) is 0 Å². The summed E-state index contributed by atoms with van der Waals surface area (Å²) in [4.78, 5) is 11.9. The Bertz CT molecular complexity index is 248. The molecule has 1 aliphatic carbocycles. The van der Waals surface area contributed by atoms with Crippen LogP contribution in [0, 0.1) is 0 Å². The molecule has 17 heavy (non-hydrogen) atoms. The van der Waals surface area contributed by atoms with Crippen molar-refractivity contribution in [3.05, 3.63) is 0 Å². The molecule has 1 aliphatic rings. The third kappa shape index (κ3) is 3.88. The van der Waals surface area contributed by atoms with Gasteiger partial charge in [-0.1, -0.05) is 13.3 Å². The molecule has 2 unspecified atom stereocenters. The molecule has 0 amide bonds. The lowest BCUT2D eigenvalue weighted by Crippen LogP contribution is -2.54. The quantitative estimate of drug-likeness (QED) is 0.588. The highest BCUT2D eigenvalue weighted by atomic mass is 32.2. The summed E-state index contributed by atoms with van der Waals surface area (Å²) >= 11 is 2.02. The number of nitrogens with one attached hydrogen (secondary N) is 1. The largest absolute Gasteiger partial charge is 0.468 e. The monoisotopic (exact) mass is 259 g/mol. The normalized spacial score (nSPS) is 29.0. The third-order valence-corrected chi connectivity index (χ3v) is 5.01. The zero-order valence-electron chi connectivity index (χ0n) is 11.3. The molecule has 4 heteroatoms. The summed E-state index contributed by atoms with van der Waals surface area (Å²) in [6.45, 7) is 2.22. The lowest BCUT2D eigenvalue weighted by atomic mass is 9.81. The van der Waals surface area contributed by atoms with Gasteiger partial charge in [-0.05, 0) is 44.9 Å². The Labute approximate surface area is 109 Å². The zero-order chi connectivity index (χ0) is 12.7. The molecule has 1 N–H and O–H groups in total. The average Bonchev–Trinajstić information content (AvgIpc) is 2.38. The molecule has 0 aromatic carbocycles. The number of hydrogen-bond acceptors (Lipinski definition) is 4. The van der Waals surface area contributed by atoms with Gasteiger partial charge in [-0.2, -0.15) is 11.8 Å². The number of hydrogen-bond donors (Lipinski definition) is 1. The number of thioether (sulfide) groups is 1. The third-order valence-electron chi connectivity index (χ3n) is 3.61. The molecular formula is C13H25NO2S. The van der Waals surface area contributed by atoms with E-state index in [2.05, 4.69) is 12.2 Å². The highest BCUT2D eigenvalue weighted by Gasteiger charge is 2.42. The molecule has 0 radical (unpaired) electrons. The second-order valence-corrected chi connectivity index (χ2v) is 6.17. The standard InChI is InChI=1S/C13H25NO2S/c1-4-5-9-17-11-7-6-8-13(10-11,14-2)12(15)16-3/h11,14H,4-10H2,1-3H3. The van der Waals surface area contributed by atoms with Crippen LogP contribution >= 0.6 is 11.8 Å². The van der Waals surface area contributed by atoms with Crippen LogP contribution < -0.4 is 5.32 Å². The molecule has 0 saturated heterocycles. The number of carbonyl (C=O) groups excluding carboxylic acids is 1. The summed E-state index contributed by atoms with van der Waals surface area (Å²) in [7, 11) is 3.35. The van der Waals surface area contributed by atoms with E-state index in [1.165, 1.54) is 32.1 Å².